The molecular weight excluding hydrogens is 266 g/mol. The second-order valence-electron chi connectivity index (χ2n) is 5.75. The third-order valence-electron chi connectivity index (χ3n) is 3.77. The Morgan fingerprint density at radius 3 is 2.50 bits per heavy atom. The predicted octanol–water partition coefficient (Wildman–Crippen LogP) is 4.26. The molecular formula is C17H27NOS. The van der Waals surface area contributed by atoms with Crippen LogP contribution in [-0.2, 0) is 6.42 Å². The first-order valence-corrected chi connectivity index (χ1v) is 7.78. The molecule has 1 rings (SSSR count). The van der Waals surface area contributed by atoms with Gasteiger partial charge in [0.1, 0.15) is 5.75 Å². The molecule has 20 heavy (non-hydrogen) atoms. The van der Waals surface area contributed by atoms with Gasteiger partial charge in [-0.1, -0.05) is 26.1 Å². The molecule has 1 atom stereocenters. The number of hydrogen-bond donors (Lipinski definition) is 1. The van der Waals surface area contributed by atoms with Crippen molar-refractivity contribution >= 4 is 17.2 Å². The average Bonchev–Trinajstić information content (AvgIpc) is 2.36. The van der Waals surface area contributed by atoms with Gasteiger partial charge in [-0.25, -0.2) is 0 Å². The normalized spacial score (nSPS) is 12.2. The molecule has 0 aliphatic rings. The monoisotopic (exact) mass is 293 g/mol. The van der Waals surface area contributed by atoms with Crippen molar-refractivity contribution in [2.45, 2.75) is 53.9 Å². The molecule has 0 saturated heterocycles. The number of rotatable bonds is 7. The van der Waals surface area contributed by atoms with E-state index in [1.54, 1.807) is 0 Å². The SMILES string of the molecule is CCCOc1cc(C)c(CC(C)CC(N)=S)c(C)c1C. The lowest BCUT2D eigenvalue weighted by Gasteiger charge is -2.19. The van der Waals surface area contributed by atoms with Crippen LogP contribution in [0.15, 0.2) is 6.07 Å². The standard InChI is InChI=1S/C17H27NOS/c1-6-7-19-16-10-12(3)15(13(4)14(16)5)8-11(2)9-17(18)20/h10-11H,6-9H2,1-5H3,(H2,18,20). The van der Waals surface area contributed by atoms with Crippen LogP contribution in [0.4, 0.5) is 0 Å². The number of hydrogen-bond acceptors (Lipinski definition) is 2. The fourth-order valence-electron chi connectivity index (χ4n) is 2.54. The molecule has 0 bridgehead atoms. The molecule has 0 radical (unpaired) electrons. The summed E-state index contributed by atoms with van der Waals surface area (Å²) in [5.74, 6) is 1.50. The van der Waals surface area contributed by atoms with E-state index < -0.39 is 0 Å². The zero-order chi connectivity index (χ0) is 15.3. The Balaban J connectivity index is 2.98. The van der Waals surface area contributed by atoms with Crippen LogP contribution >= 0.6 is 12.2 Å². The summed E-state index contributed by atoms with van der Waals surface area (Å²) in [5.41, 5.74) is 10.9. The molecule has 1 unspecified atom stereocenters. The minimum Gasteiger partial charge on any atom is -0.493 e. The van der Waals surface area contributed by atoms with Crippen LogP contribution in [0.25, 0.3) is 0 Å². The van der Waals surface area contributed by atoms with Gasteiger partial charge in [0.2, 0.25) is 0 Å². The highest BCUT2D eigenvalue weighted by molar-refractivity contribution is 7.80. The van der Waals surface area contributed by atoms with Crippen molar-refractivity contribution in [3.63, 3.8) is 0 Å². The van der Waals surface area contributed by atoms with Crippen LogP contribution in [-0.4, -0.2) is 11.6 Å². The molecule has 1 aromatic rings. The number of benzene rings is 1. The first-order valence-electron chi connectivity index (χ1n) is 7.37. The minimum absolute atomic E-state index is 0.478. The zero-order valence-corrected chi connectivity index (χ0v) is 14.2. The summed E-state index contributed by atoms with van der Waals surface area (Å²) >= 11 is 5.01. The lowest BCUT2D eigenvalue weighted by atomic mass is 9.89. The van der Waals surface area contributed by atoms with Gasteiger partial charge < -0.3 is 10.5 Å². The van der Waals surface area contributed by atoms with E-state index in [9.17, 15) is 0 Å². The Morgan fingerprint density at radius 2 is 1.95 bits per heavy atom. The first kappa shape index (κ1) is 17.0. The maximum absolute atomic E-state index is 5.83. The van der Waals surface area contributed by atoms with Gasteiger partial charge in [0, 0.05) is 6.42 Å². The maximum Gasteiger partial charge on any atom is 0.122 e. The third-order valence-corrected chi connectivity index (χ3v) is 3.94. The van der Waals surface area contributed by atoms with Gasteiger partial charge in [-0.3, -0.25) is 0 Å². The van der Waals surface area contributed by atoms with Crippen LogP contribution in [0.3, 0.4) is 0 Å². The van der Waals surface area contributed by atoms with Gasteiger partial charge in [0.15, 0.2) is 0 Å². The van der Waals surface area contributed by atoms with Crippen molar-refractivity contribution in [1.29, 1.82) is 0 Å². The third kappa shape index (κ3) is 4.48. The molecule has 1 aromatic carbocycles. The summed E-state index contributed by atoms with van der Waals surface area (Å²) in [4.78, 5) is 0.604. The average molecular weight is 293 g/mol. The summed E-state index contributed by atoms with van der Waals surface area (Å²) in [7, 11) is 0. The number of thiocarbonyl (C=S) groups is 1. The molecule has 2 N–H and O–H groups in total. The van der Waals surface area contributed by atoms with Gasteiger partial charge in [0.05, 0.1) is 11.6 Å². The molecule has 0 saturated carbocycles. The van der Waals surface area contributed by atoms with E-state index in [4.69, 9.17) is 22.7 Å². The molecule has 0 aliphatic carbocycles. The largest absolute Gasteiger partial charge is 0.493 e. The maximum atomic E-state index is 5.83. The van der Waals surface area contributed by atoms with E-state index in [1.807, 2.05) is 0 Å². The van der Waals surface area contributed by atoms with Crippen LogP contribution in [0.5, 0.6) is 5.75 Å². The quantitative estimate of drug-likeness (QED) is 0.763. The van der Waals surface area contributed by atoms with Crippen molar-refractivity contribution in [2.24, 2.45) is 11.7 Å². The van der Waals surface area contributed by atoms with E-state index in [2.05, 4.69) is 40.7 Å². The predicted molar refractivity (Wildman–Crippen MR) is 90.7 cm³/mol. The second-order valence-corrected chi connectivity index (χ2v) is 6.27. The molecule has 0 spiro atoms. The van der Waals surface area contributed by atoms with E-state index in [1.165, 1.54) is 22.3 Å². The van der Waals surface area contributed by atoms with Crippen LogP contribution in [0.1, 0.15) is 48.9 Å². The van der Waals surface area contributed by atoms with E-state index >= 15 is 0 Å². The van der Waals surface area contributed by atoms with Crippen molar-refractivity contribution < 1.29 is 4.74 Å². The highest BCUT2D eigenvalue weighted by atomic mass is 32.1. The molecule has 0 aliphatic heterocycles. The van der Waals surface area contributed by atoms with Crippen molar-refractivity contribution in [2.75, 3.05) is 6.61 Å². The highest BCUT2D eigenvalue weighted by Crippen LogP contribution is 2.29. The van der Waals surface area contributed by atoms with E-state index in [-0.39, 0.29) is 0 Å². The Hall–Kier alpha value is -1.09. The van der Waals surface area contributed by atoms with E-state index in [0.29, 0.717) is 10.9 Å². The summed E-state index contributed by atoms with van der Waals surface area (Å²) in [5, 5.41) is 0. The van der Waals surface area contributed by atoms with Crippen molar-refractivity contribution in [3.8, 4) is 5.75 Å². The van der Waals surface area contributed by atoms with Crippen molar-refractivity contribution in [3.05, 3.63) is 28.3 Å². The topological polar surface area (TPSA) is 35.2 Å². The summed E-state index contributed by atoms with van der Waals surface area (Å²) in [6.07, 6.45) is 2.86. The van der Waals surface area contributed by atoms with Gasteiger partial charge in [-0.05, 0) is 67.9 Å². The van der Waals surface area contributed by atoms with Gasteiger partial charge >= 0.3 is 0 Å². The lowest BCUT2D eigenvalue weighted by Crippen LogP contribution is -2.15. The van der Waals surface area contributed by atoms with Gasteiger partial charge in [-0.15, -0.1) is 0 Å². The molecule has 0 amide bonds. The first-order chi connectivity index (χ1) is 9.36. The summed E-state index contributed by atoms with van der Waals surface area (Å²) in [6, 6.07) is 2.17. The summed E-state index contributed by atoms with van der Waals surface area (Å²) in [6.45, 7) is 11.6. The Labute approximate surface area is 128 Å². The number of nitrogens with two attached hydrogens (primary N) is 1. The van der Waals surface area contributed by atoms with Crippen molar-refractivity contribution in [1.82, 2.24) is 0 Å². The minimum atomic E-state index is 0.478. The molecule has 2 nitrogen and oxygen atoms in total. The highest BCUT2D eigenvalue weighted by Gasteiger charge is 2.14. The zero-order valence-electron chi connectivity index (χ0n) is 13.4. The van der Waals surface area contributed by atoms with Gasteiger partial charge in [-0.2, -0.15) is 0 Å². The smallest absolute Gasteiger partial charge is 0.122 e. The summed E-state index contributed by atoms with van der Waals surface area (Å²) < 4.78 is 5.83. The Morgan fingerprint density at radius 1 is 1.30 bits per heavy atom. The molecule has 3 heteroatoms. The van der Waals surface area contributed by atoms with Gasteiger partial charge in [0.25, 0.3) is 0 Å². The van der Waals surface area contributed by atoms with E-state index in [0.717, 1.165) is 31.6 Å². The lowest BCUT2D eigenvalue weighted by molar-refractivity contribution is 0.314. The molecule has 0 fully saturated rings. The molecule has 0 heterocycles. The molecule has 112 valence electrons. The second kappa shape index (κ2) is 7.63. The number of aryl methyl sites for hydroxylation is 1. The van der Waals surface area contributed by atoms with Crippen LogP contribution < -0.4 is 10.5 Å². The fourth-order valence-corrected chi connectivity index (χ4v) is 2.82. The Kier molecular flexibility index (Phi) is 6.47. The Bertz CT molecular complexity index is 482. The molecule has 0 aromatic heterocycles. The fraction of sp³-hybridized carbons (Fsp3) is 0.588. The van der Waals surface area contributed by atoms with Crippen LogP contribution in [0.2, 0.25) is 0 Å². The number of ether oxygens (including phenoxy) is 1. The van der Waals surface area contributed by atoms with Crippen LogP contribution in [0, 0.1) is 26.7 Å².